The lowest BCUT2D eigenvalue weighted by Gasteiger charge is -2.39. The van der Waals surface area contributed by atoms with Crippen LogP contribution < -0.4 is 15.8 Å². The lowest BCUT2D eigenvalue weighted by molar-refractivity contribution is -0.0279. The zero-order chi connectivity index (χ0) is 17.1. The molecule has 0 amide bonds. The van der Waals surface area contributed by atoms with Crippen LogP contribution >= 0.6 is 11.6 Å². The molecule has 7 heteroatoms. The highest BCUT2D eigenvalue weighted by Gasteiger charge is 2.39. The lowest BCUT2D eigenvalue weighted by Crippen LogP contribution is -2.49. The number of hydrogen-bond acceptors (Lipinski definition) is 6. The smallest absolute Gasteiger partial charge is 0.224 e. The zero-order valence-electron chi connectivity index (χ0n) is 14.7. The van der Waals surface area contributed by atoms with E-state index in [1.807, 2.05) is 0 Å². The van der Waals surface area contributed by atoms with Gasteiger partial charge in [-0.05, 0) is 31.0 Å². The summed E-state index contributed by atoms with van der Waals surface area (Å²) in [5.41, 5.74) is 11.0. The topological polar surface area (TPSA) is 62.3 Å². The number of hydrogen-bond donors (Lipinski definition) is 2. The van der Waals surface area contributed by atoms with Gasteiger partial charge in [0.1, 0.15) is 5.82 Å². The van der Waals surface area contributed by atoms with Gasteiger partial charge in [0.15, 0.2) is 0 Å². The van der Waals surface area contributed by atoms with Gasteiger partial charge in [0.05, 0.1) is 23.6 Å². The number of ether oxygens (including phenoxy) is 1. The number of nitrogens with one attached hydrogen (secondary N) is 2. The number of fused-ring (bicyclic) bond motifs is 2. The van der Waals surface area contributed by atoms with Crippen molar-refractivity contribution < 1.29 is 4.74 Å². The highest BCUT2D eigenvalue weighted by atomic mass is 35.5. The van der Waals surface area contributed by atoms with E-state index in [1.54, 1.807) is 0 Å². The molecule has 3 heterocycles. The predicted molar refractivity (Wildman–Crippen MR) is 94.8 cm³/mol. The van der Waals surface area contributed by atoms with Crippen LogP contribution in [0.5, 0.6) is 0 Å². The Kier molecular flexibility index (Phi) is 3.57. The molecule has 0 radical (unpaired) electrons. The largest absolute Gasteiger partial charge is 0.372 e. The second-order valence-electron chi connectivity index (χ2n) is 8.07. The first kappa shape index (κ1) is 16.1. The van der Waals surface area contributed by atoms with Crippen LogP contribution in [0.25, 0.3) is 5.70 Å². The van der Waals surface area contributed by atoms with Crippen molar-refractivity contribution in [2.45, 2.75) is 39.7 Å². The van der Waals surface area contributed by atoms with E-state index in [0.29, 0.717) is 11.9 Å². The summed E-state index contributed by atoms with van der Waals surface area (Å²) in [4.78, 5) is 11.4. The zero-order valence-corrected chi connectivity index (χ0v) is 15.4. The maximum Gasteiger partial charge on any atom is 0.224 e. The number of halogens is 1. The van der Waals surface area contributed by atoms with Crippen molar-refractivity contribution in [1.29, 1.82) is 0 Å². The molecule has 0 bridgehead atoms. The number of hydrazine groups is 1. The molecule has 1 saturated heterocycles. The molecule has 4 rings (SSSR count). The van der Waals surface area contributed by atoms with Gasteiger partial charge < -0.3 is 15.1 Å². The maximum atomic E-state index is 6.27. The van der Waals surface area contributed by atoms with Gasteiger partial charge in [-0.2, -0.15) is 0 Å². The van der Waals surface area contributed by atoms with Crippen LogP contribution in [0.4, 0.5) is 5.82 Å². The monoisotopic (exact) mass is 349 g/mol. The molecule has 0 atom stereocenters. The van der Waals surface area contributed by atoms with E-state index in [2.05, 4.69) is 53.4 Å². The van der Waals surface area contributed by atoms with E-state index in [9.17, 15) is 0 Å². The molecule has 24 heavy (non-hydrogen) atoms. The van der Waals surface area contributed by atoms with Gasteiger partial charge in [0.25, 0.3) is 0 Å². The Morgan fingerprint density at radius 1 is 1.21 bits per heavy atom. The Bertz CT molecular complexity index is 728. The molecule has 3 aliphatic rings. The Hall–Kier alpha value is -1.37. The van der Waals surface area contributed by atoms with Crippen molar-refractivity contribution in [2.24, 2.45) is 5.41 Å². The van der Waals surface area contributed by atoms with Crippen molar-refractivity contribution >= 4 is 23.1 Å². The van der Waals surface area contributed by atoms with Crippen molar-refractivity contribution in [3.05, 3.63) is 22.1 Å². The molecule has 1 aromatic heterocycles. The minimum absolute atomic E-state index is 0.0787. The van der Waals surface area contributed by atoms with Crippen molar-refractivity contribution in [3.8, 4) is 0 Å². The van der Waals surface area contributed by atoms with Crippen LogP contribution in [-0.2, 0) is 11.2 Å². The predicted octanol–water partition coefficient (Wildman–Crippen LogP) is 2.15. The fraction of sp³-hybridized carbons (Fsp3) is 0.647. The third kappa shape index (κ3) is 2.57. The van der Waals surface area contributed by atoms with Gasteiger partial charge in [0, 0.05) is 37.0 Å². The first-order valence-electron chi connectivity index (χ1n) is 8.45. The normalized spacial score (nSPS) is 24.5. The Morgan fingerprint density at radius 2 is 2.00 bits per heavy atom. The van der Waals surface area contributed by atoms with Crippen molar-refractivity contribution in [2.75, 3.05) is 31.1 Å². The molecule has 1 aliphatic carbocycles. The average Bonchev–Trinajstić information content (AvgIpc) is 2.85. The third-order valence-electron chi connectivity index (χ3n) is 5.14. The average molecular weight is 350 g/mol. The second kappa shape index (κ2) is 5.31. The molecule has 2 N–H and O–H groups in total. The van der Waals surface area contributed by atoms with Gasteiger partial charge in [-0.25, -0.2) is 15.4 Å². The van der Waals surface area contributed by atoms with Crippen LogP contribution in [0.3, 0.4) is 0 Å². The highest BCUT2D eigenvalue weighted by Crippen LogP contribution is 2.44. The lowest BCUT2D eigenvalue weighted by atomic mass is 9.81. The van der Waals surface area contributed by atoms with Crippen molar-refractivity contribution in [3.63, 3.8) is 0 Å². The van der Waals surface area contributed by atoms with Crippen LogP contribution in [0.2, 0.25) is 5.28 Å². The van der Waals surface area contributed by atoms with Gasteiger partial charge >= 0.3 is 0 Å². The number of nitrogens with zero attached hydrogens (tertiary/aromatic N) is 3. The minimum atomic E-state index is -0.187. The fourth-order valence-electron chi connectivity index (χ4n) is 3.85. The molecule has 2 aliphatic heterocycles. The number of rotatable bonds is 1. The molecule has 0 unspecified atom stereocenters. The summed E-state index contributed by atoms with van der Waals surface area (Å²) in [5, 5.41) is 0.298. The van der Waals surface area contributed by atoms with E-state index < -0.39 is 0 Å². The van der Waals surface area contributed by atoms with Crippen LogP contribution in [-0.4, -0.2) is 41.8 Å². The summed E-state index contributed by atoms with van der Waals surface area (Å²) in [6.45, 7) is 11.9. The first-order chi connectivity index (χ1) is 11.3. The molecule has 0 aromatic carbocycles. The van der Waals surface area contributed by atoms with E-state index >= 15 is 0 Å². The Labute approximate surface area is 147 Å². The quantitative estimate of drug-likeness (QED) is 0.757. The van der Waals surface area contributed by atoms with Crippen LogP contribution in [0, 0.1) is 5.41 Å². The molecule has 130 valence electrons. The molecule has 6 nitrogen and oxygen atoms in total. The van der Waals surface area contributed by atoms with E-state index in [4.69, 9.17) is 16.3 Å². The van der Waals surface area contributed by atoms with Gasteiger partial charge in [-0.3, -0.25) is 0 Å². The van der Waals surface area contributed by atoms with Crippen LogP contribution in [0.15, 0.2) is 5.57 Å². The number of anilines is 1. The summed E-state index contributed by atoms with van der Waals surface area (Å²) in [5.74, 6) is 0.952. The van der Waals surface area contributed by atoms with Crippen LogP contribution in [0.1, 0.15) is 39.0 Å². The molecule has 1 aromatic rings. The SMILES string of the molecule is CC1(C)CN(c2nc(Cl)nc3c2CC2=C3NNCC2(C)C)CCO1. The summed E-state index contributed by atoms with van der Waals surface area (Å²) < 4.78 is 5.84. The van der Waals surface area contributed by atoms with E-state index in [1.165, 1.54) is 11.1 Å². The highest BCUT2D eigenvalue weighted by molar-refractivity contribution is 6.28. The first-order valence-corrected chi connectivity index (χ1v) is 8.83. The summed E-state index contributed by atoms with van der Waals surface area (Å²) >= 11 is 6.27. The Morgan fingerprint density at radius 3 is 2.75 bits per heavy atom. The minimum Gasteiger partial charge on any atom is -0.372 e. The summed E-state index contributed by atoms with van der Waals surface area (Å²) in [6, 6.07) is 0. The number of morpholine rings is 1. The van der Waals surface area contributed by atoms with Gasteiger partial charge in [-0.15, -0.1) is 0 Å². The van der Waals surface area contributed by atoms with Crippen molar-refractivity contribution in [1.82, 2.24) is 20.8 Å². The molecule has 1 fully saturated rings. The van der Waals surface area contributed by atoms with Gasteiger partial charge in [0.2, 0.25) is 5.28 Å². The molecule has 0 saturated carbocycles. The van der Waals surface area contributed by atoms with Gasteiger partial charge in [-0.1, -0.05) is 13.8 Å². The second-order valence-corrected chi connectivity index (χ2v) is 8.40. The van der Waals surface area contributed by atoms with E-state index in [0.717, 1.165) is 43.3 Å². The molecule has 0 spiro atoms. The Balaban J connectivity index is 1.77. The summed E-state index contributed by atoms with van der Waals surface area (Å²) in [6.07, 6.45) is 0.872. The molecular weight excluding hydrogens is 326 g/mol. The maximum absolute atomic E-state index is 6.27. The number of aromatic nitrogens is 2. The third-order valence-corrected chi connectivity index (χ3v) is 5.30. The van der Waals surface area contributed by atoms with E-state index in [-0.39, 0.29) is 11.0 Å². The standard InChI is InChI=1S/C17H24ClN5O/c1-16(2)8-19-22-13-11(16)7-10-12(13)20-15(18)21-14(10)23-5-6-24-17(3,4)9-23/h19,22H,5-9H2,1-4H3. The molecular formula is C17H24ClN5O. The fourth-order valence-corrected chi connectivity index (χ4v) is 4.02. The summed E-state index contributed by atoms with van der Waals surface area (Å²) in [7, 11) is 0.